The summed E-state index contributed by atoms with van der Waals surface area (Å²) in [6.07, 6.45) is -4.40. The largest absolute Gasteiger partial charge is 0.416 e. The Hall–Kier alpha value is -2.84. The van der Waals surface area contributed by atoms with E-state index in [2.05, 4.69) is 19.9 Å². The fourth-order valence-corrected chi connectivity index (χ4v) is 1.88. The Balaban J connectivity index is 2.08. The number of imidazole rings is 1. The lowest BCUT2D eigenvalue weighted by Gasteiger charge is -2.06. The number of nitrogen functional groups attached to an aromatic ring is 1. The predicted molar refractivity (Wildman–Crippen MR) is 69.4 cm³/mol. The van der Waals surface area contributed by atoms with Crippen molar-refractivity contribution in [2.75, 3.05) is 5.73 Å². The monoisotopic (exact) mass is 295 g/mol. The number of aromatic nitrogens is 4. The summed E-state index contributed by atoms with van der Waals surface area (Å²) in [7, 11) is 0. The van der Waals surface area contributed by atoms with Gasteiger partial charge < -0.3 is 10.7 Å². The van der Waals surface area contributed by atoms with Crippen molar-refractivity contribution in [3.05, 3.63) is 40.2 Å². The summed E-state index contributed by atoms with van der Waals surface area (Å²) in [4.78, 5) is 24.5. The van der Waals surface area contributed by atoms with Gasteiger partial charge in [0, 0.05) is 5.56 Å². The molecule has 6 nitrogen and oxygen atoms in total. The van der Waals surface area contributed by atoms with Gasteiger partial charge in [0.1, 0.15) is 5.82 Å². The number of hydrogen-bond acceptors (Lipinski definition) is 4. The van der Waals surface area contributed by atoms with Crippen molar-refractivity contribution in [3.8, 4) is 11.4 Å². The summed E-state index contributed by atoms with van der Waals surface area (Å²) < 4.78 is 37.5. The molecule has 108 valence electrons. The second-order valence-electron chi connectivity index (χ2n) is 4.31. The molecule has 0 amide bonds. The third-order valence-electron chi connectivity index (χ3n) is 2.87. The van der Waals surface area contributed by atoms with Crippen LogP contribution in [0.2, 0.25) is 0 Å². The highest BCUT2D eigenvalue weighted by atomic mass is 19.4. The molecule has 0 atom stereocenters. The van der Waals surface area contributed by atoms with E-state index in [0.29, 0.717) is 5.56 Å². The highest BCUT2D eigenvalue weighted by molar-refractivity contribution is 5.75. The van der Waals surface area contributed by atoms with Crippen LogP contribution in [0.25, 0.3) is 22.6 Å². The second-order valence-corrected chi connectivity index (χ2v) is 4.31. The lowest BCUT2D eigenvalue weighted by molar-refractivity contribution is -0.137. The third kappa shape index (κ3) is 2.33. The van der Waals surface area contributed by atoms with E-state index in [1.807, 2.05) is 0 Å². The molecule has 0 saturated heterocycles. The molecule has 2 aromatic heterocycles. The zero-order chi connectivity index (χ0) is 15.2. The number of alkyl halides is 3. The van der Waals surface area contributed by atoms with Crippen LogP contribution in [-0.2, 0) is 6.18 Å². The van der Waals surface area contributed by atoms with E-state index in [4.69, 9.17) is 5.73 Å². The molecule has 0 aliphatic heterocycles. The van der Waals surface area contributed by atoms with Gasteiger partial charge in [0.2, 0.25) is 5.95 Å². The fourth-order valence-electron chi connectivity index (χ4n) is 1.88. The Kier molecular flexibility index (Phi) is 2.71. The molecule has 2 heterocycles. The number of fused-ring (bicyclic) bond motifs is 1. The van der Waals surface area contributed by atoms with Crippen LogP contribution in [0.1, 0.15) is 5.56 Å². The Morgan fingerprint density at radius 2 is 1.71 bits per heavy atom. The normalized spacial score (nSPS) is 12.0. The maximum Gasteiger partial charge on any atom is 0.416 e. The maximum atomic E-state index is 12.5. The molecule has 3 rings (SSSR count). The summed E-state index contributed by atoms with van der Waals surface area (Å²) in [6.45, 7) is 0. The number of benzene rings is 1. The van der Waals surface area contributed by atoms with Gasteiger partial charge in [0.15, 0.2) is 11.2 Å². The molecule has 0 aliphatic carbocycles. The molecule has 0 aliphatic rings. The molecule has 21 heavy (non-hydrogen) atoms. The lowest BCUT2D eigenvalue weighted by atomic mass is 10.1. The van der Waals surface area contributed by atoms with E-state index in [-0.39, 0.29) is 22.9 Å². The number of aromatic amines is 2. The van der Waals surface area contributed by atoms with E-state index in [1.165, 1.54) is 12.1 Å². The quantitative estimate of drug-likeness (QED) is 0.638. The molecule has 9 heteroatoms. The standard InChI is InChI=1S/C12H8F3N5O/c13-12(14,15)6-3-1-5(2-4-6)8-17-7-9(18-8)19-11(16)20-10(7)21/h1-4H,(H4,16,17,18,19,20,21). The average Bonchev–Trinajstić information content (AvgIpc) is 2.82. The van der Waals surface area contributed by atoms with Gasteiger partial charge in [-0.1, -0.05) is 12.1 Å². The van der Waals surface area contributed by atoms with Gasteiger partial charge in [0.05, 0.1) is 5.56 Å². The van der Waals surface area contributed by atoms with Crippen LogP contribution >= 0.6 is 0 Å². The fraction of sp³-hybridized carbons (Fsp3) is 0.0833. The Morgan fingerprint density at radius 3 is 2.33 bits per heavy atom. The second kappa shape index (κ2) is 4.33. The summed E-state index contributed by atoms with van der Waals surface area (Å²) in [5.41, 5.74) is 4.75. The van der Waals surface area contributed by atoms with Gasteiger partial charge in [0.25, 0.3) is 5.56 Å². The van der Waals surface area contributed by atoms with E-state index >= 15 is 0 Å². The van der Waals surface area contributed by atoms with Gasteiger partial charge in [-0.2, -0.15) is 18.2 Å². The molecule has 0 bridgehead atoms. The smallest absolute Gasteiger partial charge is 0.369 e. The highest BCUT2D eigenvalue weighted by Crippen LogP contribution is 2.30. The summed E-state index contributed by atoms with van der Waals surface area (Å²) in [6, 6.07) is 4.40. The van der Waals surface area contributed by atoms with Crippen molar-refractivity contribution < 1.29 is 13.2 Å². The van der Waals surface area contributed by atoms with Crippen LogP contribution < -0.4 is 11.3 Å². The average molecular weight is 295 g/mol. The van der Waals surface area contributed by atoms with Crippen LogP contribution in [-0.4, -0.2) is 19.9 Å². The molecule has 0 fully saturated rings. The highest BCUT2D eigenvalue weighted by Gasteiger charge is 2.30. The predicted octanol–water partition coefficient (Wildman–Crippen LogP) is 1.91. The molecule has 0 unspecified atom stereocenters. The first-order valence-electron chi connectivity index (χ1n) is 5.78. The SMILES string of the molecule is Nc1nc2nc(-c3ccc(C(F)(F)F)cc3)[nH]c2c(=O)[nH]1. The molecule has 0 saturated carbocycles. The van der Waals surface area contributed by atoms with Gasteiger partial charge in [-0.3, -0.25) is 9.78 Å². The number of H-pyrrole nitrogens is 2. The first kappa shape index (κ1) is 13.2. The van der Waals surface area contributed by atoms with Crippen molar-refractivity contribution in [2.24, 2.45) is 0 Å². The van der Waals surface area contributed by atoms with Crippen molar-refractivity contribution in [1.29, 1.82) is 0 Å². The van der Waals surface area contributed by atoms with Crippen molar-refractivity contribution in [3.63, 3.8) is 0 Å². The first-order chi connectivity index (χ1) is 9.84. The number of hydrogen-bond donors (Lipinski definition) is 3. The van der Waals surface area contributed by atoms with Crippen LogP contribution in [0.3, 0.4) is 0 Å². The van der Waals surface area contributed by atoms with Crippen LogP contribution in [0.4, 0.5) is 19.1 Å². The van der Waals surface area contributed by atoms with Crippen molar-refractivity contribution in [1.82, 2.24) is 19.9 Å². The summed E-state index contributed by atoms with van der Waals surface area (Å²) in [5.74, 6) is 0.153. The Labute approximate surface area is 114 Å². The minimum Gasteiger partial charge on any atom is -0.369 e. The van der Waals surface area contributed by atoms with Gasteiger partial charge >= 0.3 is 6.18 Å². The molecular formula is C12H8F3N5O. The molecule has 0 radical (unpaired) electrons. The first-order valence-corrected chi connectivity index (χ1v) is 5.78. The summed E-state index contributed by atoms with van der Waals surface area (Å²) in [5, 5.41) is 0. The van der Waals surface area contributed by atoms with Gasteiger partial charge in [-0.25, -0.2) is 4.98 Å². The van der Waals surface area contributed by atoms with E-state index < -0.39 is 17.3 Å². The third-order valence-corrected chi connectivity index (χ3v) is 2.87. The number of rotatable bonds is 1. The topological polar surface area (TPSA) is 100 Å². The number of nitrogens with zero attached hydrogens (tertiary/aromatic N) is 2. The molecule has 1 aromatic carbocycles. The van der Waals surface area contributed by atoms with Gasteiger partial charge in [-0.05, 0) is 12.1 Å². The molecule has 3 aromatic rings. The minimum atomic E-state index is -4.40. The Bertz CT molecular complexity index is 863. The van der Waals surface area contributed by atoms with E-state index in [0.717, 1.165) is 12.1 Å². The number of nitrogens with two attached hydrogens (primary N) is 1. The van der Waals surface area contributed by atoms with E-state index in [1.54, 1.807) is 0 Å². The van der Waals surface area contributed by atoms with Crippen LogP contribution in [0, 0.1) is 0 Å². The molecule has 4 N–H and O–H groups in total. The molecular weight excluding hydrogens is 287 g/mol. The minimum absolute atomic E-state index is 0.0852. The Morgan fingerprint density at radius 1 is 1.05 bits per heavy atom. The number of nitrogens with one attached hydrogen (secondary N) is 2. The van der Waals surface area contributed by atoms with Crippen LogP contribution in [0.15, 0.2) is 29.1 Å². The zero-order valence-corrected chi connectivity index (χ0v) is 10.3. The zero-order valence-electron chi connectivity index (χ0n) is 10.3. The van der Waals surface area contributed by atoms with Crippen LogP contribution in [0.5, 0.6) is 0 Å². The van der Waals surface area contributed by atoms with Crippen molar-refractivity contribution >= 4 is 17.1 Å². The van der Waals surface area contributed by atoms with E-state index in [9.17, 15) is 18.0 Å². The molecule has 0 spiro atoms. The maximum absolute atomic E-state index is 12.5. The summed E-state index contributed by atoms with van der Waals surface area (Å²) >= 11 is 0. The number of anilines is 1. The number of halogens is 3. The van der Waals surface area contributed by atoms with Gasteiger partial charge in [-0.15, -0.1) is 0 Å². The lowest BCUT2D eigenvalue weighted by Crippen LogP contribution is -2.10. The van der Waals surface area contributed by atoms with Crippen molar-refractivity contribution in [2.45, 2.75) is 6.18 Å².